The van der Waals surface area contributed by atoms with Gasteiger partial charge in [0.1, 0.15) is 0 Å². The number of benzene rings is 1. The highest BCUT2D eigenvalue weighted by atomic mass is 16.2. The first-order chi connectivity index (χ1) is 13.9. The Morgan fingerprint density at radius 2 is 2.03 bits per heavy atom. The molecule has 1 amide bonds. The van der Waals surface area contributed by atoms with Gasteiger partial charge < -0.3 is 10.3 Å². The van der Waals surface area contributed by atoms with Crippen LogP contribution in [-0.2, 0) is 5.54 Å². The number of pyridine rings is 1. The summed E-state index contributed by atoms with van der Waals surface area (Å²) >= 11 is 0. The lowest BCUT2D eigenvalue weighted by atomic mass is 9.98. The molecule has 0 atom stereocenters. The van der Waals surface area contributed by atoms with Crippen LogP contribution in [0.25, 0.3) is 22.3 Å². The molecule has 6 heteroatoms. The molecule has 0 spiro atoms. The molecule has 2 heterocycles. The van der Waals surface area contributed by atoms with Crippen molar-refractivity contribution in [1.29, 1.82) is 0 Å². The average Bonchev–Trinajstić information content (AvgIpc) is 3.60. The largest absolute Gasteiger partial charge is 0.349 e. The molecule has 0 unspecified atom stereocenters. The zero-order valence-corrected chi connectivity index (χ0v) is 17.1. The fourth-order valence-corrected chi connectivity index (χ4v) is 4.31. The summed E-state index contributed by atoms with van der Waals surface area (Å²) in [6, 6.07) is 8.04. The minimum atomic E-state index is -0.111. The van der Waals surface area contributed by atoms with Crippen LogP contribution in [0.2, 0.25) is 0 Å². The van der Waals surface area contributed by atoms with Crippen LogP contribution in [0.3, 0.4) is 0 Å². The highest BCUT2D eigenvalue weighted by Crippen LogP contribution is 2.49. The molecule has 2 saturated carbocycles. The third-order valence-corrected chi connectivity index (χ3v) is 6.53. The van der Waals surface area contributed by atoms with E-state index in [1.54, 1.807) is 0 Å². The van der Waals surface area contributed by atoms with Crippen LogP contribution in [0.15, 0.2) is 35.3 Å². The number of aryl methyl sites for hydroxylation is 1. The van der Waals surface area contributed by atoms with Gasteiger partial charge >= 0.3 is 5.69 Å². The molecule has 150 valence electrons. The van der Waals surface area contributed by atoms with Crippen LogP contribution in [0, 0.1) is 12.8 Å². The topological polar surface area (TPSA) is 79.8 Å². The molecule has 5 rings (SSSR count). The van der Waals surface area contributed by atoms with Gasteiger partial charge in [0, 0.05) is 23.4 Å². The van der Waals surface area contributed by atoms with Gasteiger partial charge in [-0.1, -0.05) is 19.9 Å². The summed E-state index contributed by atoms with van der Waals surface area (Å²) in [4.78, 5) is 32.8. The molecule has 0 saturated heterocycles. The van der Waals surface area contributed by atoms with E-state index in [9.17, 15) is 9.59 Å². The van der Waals surface area contributed by atoms with Crippen molar-refractivity contribution in [3.63, 3.8) is 0 Å². The fourth-order valence-electron chi connectivity index (χ4n) is 4.31. The first-order valence-electron chi connectivity index (χ1n) is 10.4. The normalized spacial score (nSPS) is 17.7. The first kappa shape index (κ1) is 18.2. The number of fused-ring (bicyclic) bond motifs is 1. The summed E-state index contributed by atoms with van der Waals surface area (Å²) < 4.78 is 1.85. The standard InChI is InChI=1S/C23H26N4O2/c1-13(2)23(8-9-23)27-20-19(26-22(27)29)11-16(12-24-20)18-10-15(5-4-14(18)3)21(28)25-17-6-7-17/h4-5,10-13,17H,6-9H2,1-3H3,(H,25,28)(H,26,29). The fraction of sp³-hybridized carbons (Fsp3) is 0.435. The molecule has 2 aliphatic rings. The maximum atomic E-state index is 12.7. The van der Waals surface area contributed by atoms with Crippen LogP contribution >= 0.6 is 0 Å². The van der Waals surface area contributed by atoms with Crippen LogP contribution in [-0.4, -0.2) is 26.5 Å². The van der Waals surface area contributed by atoms with E-state index >= 15 is 0 Å². The lowest BCUT2D eigenvalue weighted by molar-refractivity contribution is 0.0951. The van der Waals surface area contributed by atoms with E-state index in [0.717, 1.165) is 47.9 Å². The maximum Gasteiger partial charge on any atom is 0.328 e. The van der Waals surface area contributed by atoms with Gasteiger partial charge in [-0.25, -0.2) is 9.78 Å². The number of imidazole rings is 1. The van der Waals surface area contributed by atoms with Crippen molar-refractivity contribution < 1.29 is 4.79 Å². The van der Waals surface area contributed by atoms with Gasteiger partial charge in [-0.15, -0.1) is 0 Å². The molecule has 2 fully saturated rings. The molecule has 29 heavy (non-hydrogen) atoms. The highest BCUT2D eigenvalue weighted by Gasteiger charge is 2.49. The molecular weight excluding hydrogens is 364 g/mol. The van der Waals surface area contributed by atoms with Crippen molar-refractivity contribution in [1.82, 2.24) is 19.9 Å². The van der Waals surface area contributed by atoms with Crippen LogP contribution < -0.4 is 11.0 Å². The van der Waals surface area contributed by atoms with Gasteiger partial charge in [0.2, 0.25) is 0 Å². The van der Waals surface area contributed by atoms with E-state index in [-0.39, 0.29) is 17.1 Å². The van der Waals surface area contributed by atoms with E-state index in [2.05, 4.69) is 29.1 Å². The molecule has 0 bridgehead atoms. The Kier molecular flexibility index (Phi) is 3.95. The van der Waals surface area contributed by atoms with Gasteiger partial charge in [0.05, 0.1) is 11.1 Å². The van der Waals surface area contributed by atoms with Gasteiger partial charge in [0.15, 0.2) is 5.65 Å². The molecular formula is C23H26N4O2. The number of carbonyl (C=O) groups excluding carboxylic acids is 1. The first-order valence-corrected chi connectivity index (χ1v) is 10.4. The Labute approximate surface area is 169 Å². The minimum absolute atomic E-state index is 0.0324. The molecule has 2 aromatic heterocycles. The zero-order valence-electron chi connectivity index (χ0n) is 17.1. The highest BCUT2D eigenvalue weighted by molar-refractivity contribution is 5.96. The lowest BCUT2D eigenvalue weighted by Crippen LogP contribution is -2.32. The number of nitrogens with zero attached hydrogens (tertiary/aromatic N) is 2. The van der Waals surface area contributed by atoms with Crippen molar-refractivity contribution in [2.45, 2.75) is 58.0 Å². The Hall–Kier alpha value is -2.89. The van der Waals surface area contributed by atoms with Crippen LogP contribution in [0.4, 0.5) is 0 Å². The summed E-state index contributed by atoms with van der Waals surface area (Å²) in [5, 5.41) is 3.04. The quantitative estimate of drug-likeness (QED) is 0.696. The Bertz CT molecular complexity index is 1180. The molecule has 2 N–H and O–H groups in total. The smallest absolute Gasteiger partial charge is 0.328 e. The number of carbonyl (C=O) groups is 1. The van der Waals surface area contributed by atoms with Crippen molar-refractivity contribution in [3.8, 4) is 11.1 Å². The summed E-state index contributed by atoms with van der Waals surface area (Å²) in [6.45, 7) is 6.34. The minimum Gasteiger partial charge on any atom is -0.349 e. The summed E-state index contributed by atoms with van der Waals surface area (Å²) in [5.74, 6) is 0.347. The Balaban J connectivity index is 1.56. The molecule has 0 aliphatic heterocycles. The van der Waals surface area contributed by atoms with Crippen molar-refractivity contribution >= 4 is 17.1 Å². The number of rotatable bonds is 5. The molecule has 2 aliphatic carbocycles. The van der Waals surface area contributed by atoms with E-state index in [1.807, 2.05) is 42.0 Å². The van der Waals surface area contributed by atoms with Crippen molar-refractivity contribution in [2.24, 2.45) is 5.92 Å². The number of hydrogen-bond donors (Lipinski definition) is 2. The van der Waals surface area contributed by atoms with Crippen LogP contribution in [0.5, 0.6) is 0 Å². The number of hydrogen-bond acceptors (Lipinski definition) is 3. The zero-order chi connectivity index (χ0) is 20.3. The van der Waals surface area contributed by atoms with Crippen LogP contribution in [0.1, 0.15) is 55.5 Å². The van der Waals surface area contributed by atoms with Crippen molar-refractivity contribution in [2.75, 3.05) is 0 Å². The number of nitrogens with one attached hydrogen (secondary N) is 2. The number of H-pyrrole nitrogens is 1. The maximum absolute atomic E-state index is 12.7. The third-order valence-electron chi connectivity index (χ3n) is 6.53. The van der Waals surface area contributed by atoms with E-state index < -0.39 is 0 Å². The lowest BCUT2D eigenvalue weighted by Gasteiger charge is -2.21. The second-order valence-corrected chi connectivity index (χ2v) is 8.90. The monoisotopic (exact) mass is 390 g/mol. The van der Waals surface area contributed by atoms with Gasteiger partial charge in [-0.2, -0.15) is 0 Å². The number of aromatic nitrogens is 3. The Morgan fingerprint density at radius 1 is 1.28 bits per heavy atom. The molecule has 0 radical (unpaired) electrons. The average molecular weight is 390 g/mol. The second-order valence-electron chi connectivity index (χ2n) is 8.90. The summed E-state index contributed by atoms with van der Waals surface area (Å²) in [7, 11) is 0. The van der Waals surface area contributed by atoms with E-state index in [0.29, 0.717) is 23.2 Å². The Morgan fingerprint density at radius 3 is 2.69 bits per heavy atom. The number of aromatic amines is 1. The molecule has 3 aromatic rings. The van der Waals surface area contributed by atoms with E-state index in [4.69, 9.17) is 0 Å². The SMILES string of the molecule is Cc1ccc(C(=O)NC2CC2)cc1-c1cnc2c(c1)[nH]c(=O)n2C1(C(C)C)CC1. The van der Waals surface area contributed by atoms with Gasteiger partial charge in [0.25, 0.3) is 5.91 Å². The summed E-state index contributed by atoms with van der Waals surface area (Å²) in [6.07, 6.45) is 5.96. The second kappa shape index (κ2) is 6.31. The predicted molar refractivity (Wildman–Crippen MR) is 113 cm³/mol. The summed E-state index contributed by atoms with van der Waals surface area (Å²) in [5.41, 5.74) is 4.83. The van der Waals surface area contributed by atoms with E-state index in [1.165, 1.54) is 0 Å². The third kappa shape index (κ3) is 2.98. The van der Waals surface area contributed by atoms with Gasteiger partial charge in [-0.3, -0.25) is 9.36 Å². The molecule has 1 aromatic carbocycles. The molecule has 6 nitrogen and oxygen atoms in total. The van der Waals surface area contributed by atoms with Gasteiger partial charge in [-0.05, 0) is 67.9 Å². The van der Waals surface area contributed by atoms with Crippen molar-refractivity contribution in [3.05, 3.63) is 52.1 Å². The predicted octanol–water partition coefficient (Wildman–Crippen LogP) is 3.74. The number of amides is 1.